The maximum atomic E-state index is 11.0. The van der Waals surface area contributed by atoms with Crippen molar-refractivity contribution in [2.75, 3.05) is 6.61 Å². The Balaban J connectivity index is 0.000000423. The minimum Gasteiger partial charge on any atom is -0.462 e. The van der Waals surface area contributed by atoms with Crippen LogP contribution in [0.1, 0.15) is 17.3 Å². The third kappa shape index (κ3) is 7.00. The Morgan fingerprint density at radius 3 is 2.33 bits per heavy atom. The van der Waals surface area contributed by atoms with Gasteiger partial charge in [0.1, 0.15) is 0 Å². The molecule has 15 heavy (non-hydrogen) atoms. The summed E-state index contributed by atoms with van der Waals surface area (Å²) in [6.45, 7) is 2.22. The van der Waals surface area contributed by atoms with E-state index in [0.717, 1.165) is 0 Å². The molecule has 0 heterocycles. The number of rotatable bonds is 2. The van der Waals surface area contributed by atoms with Crippen molar-refractivity contribution in [1.82, 2.24) is 0 Å². The maximum Gasteiger partial charge on any atom is 0.338 e. The Morgan fingerprint density at radius 2 is 1.93 bits per heavy atom. The lowest BCUT2D eigenvalue weighted by Gasteiger charge is -1.99. The molecule has 0 bridgehead atoms. The second-order valence-corrected chi connectivity index (χ2v) is 2.32. The molecule has 1 aromatic rings. The topological polar surface area (TPSA) is 89.7 Å². The molecular formula is C9H11NO5. The van der Waals surface area contributed by atoms with Gasteiger partial charge in [-0.25, -0.2) is 4.79 Å². The van der Waals surface area contributed by atoms with Crippen molar-refractivity contribution in [3.8, 4) is 0 Å². The Morgan fingerprint density at radius 1 is 1.47 bits per heavy atom. The van der Waals surface area contributed by atoms with Crippen LogP contribution in [0.5, 0.6) is 0 Å². The van der Waals surface area contributed by atoms with Crippen molar-refractivity contribution in [2.24, 2.45) is 0 Å². The van der Waals surface area contributed by atoms with E-state index in [4.69, 9.17) is 20.1 Å². The number of carbonyl (C=O) groups excluding carboxylic acids is 1. The second kappa shape index (κ2) is 7.31. The number of hydrogen-bond donors (Lipinski definition) is 1. The summed E-state index contributed by atoms with van der Waals surface area (Å²) >= 11 is 0. The Bertz CT molecular complexity index is 308. The average molecular weight is 213 g/mol. The van der Waals surface area contributed by atoms with Gasteiger partial charge in [-0.2, -0.15) is 0 Å². The number of benzene rings is 1. The zero-order chi connectivity index (χ0) is 11.7. The molecule has 0 aliphatic rings. The van der Waals surface area contributed by atoms with E-state index in [1.165, 1.54) is 0 Å². The highest BCUT2D eigenvalue weighted by Crippen LogP contribution is 1.99. The van der Waals surface area contributed by atoms with Crippen LogP contribution in [0.25, 0.3) is 0 Å². The molecule has 0 unspecified atom stereocenters. The first-order chi connectivity index (χ1) is 7.07. The molecule has 0 amide bonds. The van der Waals surface area contributed by atoms with Gasteiger partial charge in [0.05, 0.1) is 12.2 Å². The molecule has 0 aliphatic carbocycles. The molecule has 0 atom stereocenters. The van der Waals surface area contributed by atoms with E-state index >= 15 is 0 Å². The van der Waals surface area contributed by atoms with E-state index in [-0.39, 0.29) is 5.97 Å². The molecule has 0 saturated heterocycles. The van der Waals surface area contributed by atoms with E-state index in [9.17, 15) is 4.79 Å². The Hall–Kier alpha value is -2.11. The van der Waals surface area contributed by atoms with E-state index in [0.29, 0.717) is 12.2 Å². The lowest BCUT2D eigenvalue weighted by molar-refractivity contribution is -0.742. The summed E-state index contributed by atoms with van der Waals surface area (Å²) < 4.78 is 4.79. The lowest BCUT2D eigenvalue weighted by atomic mass is 10.2. The third-order valence-corrected chi connectivity index (χ3v) is 1.28. The molecule has 6 nitrogen and oxygen atoms in total. The highest BCUT2D eigenvalue weighted by Gasteiger charge is 2.02. The zero-order valence-corrected chi connectivity index (χ0v) is 8.12. The Labute approximate surface area is 86.2 Å². The number of carbonyl (C=O) groups is 1. The molecule has 0 saturated carbocycles. The zero-order valence-electron chi connectivity index (χ0n) is 8.12. The summed E-state index contributed by atoms with van der Waals surface area (Å²) in [5.74, 6) is -0.256. The monoisotopic (exact) mass is 213 g/mol. The van der Waals surface area contributed by atoms with Crippen LogP contribution in [-0.2, 0) is 4.74 Å². The third-order valence-electron chi connectivity index (χ3n) is 1.28. The maximum absolute atomic E-state index is 11.0. The van der Waals surface area contributed by atoms with Crippen LogP contribution >= 0.6 is 0 Å². The summed E-state index contributed by atoms with van der Waals surface area (Å²) in [7, 11) is 0. The van der Waals surface area contributed by atoms with Crippen LogP contribution in [0.3, 0.4) is 0 Å². The predicted molar refractivity (Wildman–Crippen MR) is 51.2 cm³/mol. The van der Waals surface area contributed by atoms with E-state index in [1.807, 2.05) is 18.2 Å². The largest absolute Gasteiger partial charge is 0.462 e. The summed E-state index contributed by atoms with van der Waals surface area (Å²) in [5.41, 5.74) is 0.606. The lowest BCUT2D eigenvalue weighted by Crippen LogP contribution is -2.03. The molecule has 0 fully saturated rings. The van der Waals surface area contributed by atoms with Gasteiger partial charge in [0.25, 0.3) is 5.09 Å². The van der Waals surface area contributed by atoms with Crippen LogP contribution in [-0.4, -0.2) is 22.9 Å². The molecule has 0 radical (unpaired) electrons. The van der Waals surface area contributed by atoms with E-state index in [1.54, 1.807) is 19.1 Å². The second-order valence-electron chi connectivity index (χ2n) is 2.32. The summed E-state index contributed by atoms with van der Waals surface area (Å²) in [6.07, 6.45) is 0. The van der Waals surface area contributed by atoms with E-state index in [2.05, 4.69) is 0 Å². The van der Waals surface area contributed by atoms with Gasteiger partial charge in [-0.3, -0.25) is 0 Å². The fourth-order valence-electron chi connectivity index (χ4n) is 0.789. The number of esters is 1. The first kappa shape index (κ1) is 12.9. The summed E-state index contributed by atoms with van der Waals surface area (Å²) in [5, 5.41) is 13.6. The molecule has 0 spiro atoms. The van der Waals surface area contributed by atoms with Crippen molar-refractivity contribution in [1.29, 1.82) is 0 Å². The van der Waals surface area contributed by atoms with Gasteiger partial charge in [0.2, 0.25) is 0 Å². The standard InChI is InChI=1S/C9H10O2.HNO3/c1-2-11-9(10)8-6-4-3-5-7-8;2-1(3)4/h3-7H,2H2,1H3;(H,2,3,4). The predicted octanol–water partition coefficient (Wildman–Crippen LogP) is 1.52. The fraction of sp³-hybridized carbons (Fsp3) is 0.222. The SMILES string of the molecule is CCOC(=O)c1ccccc1.O=[N+]([O-])O. The number of hydrogen-bond acceptors (Lipinski definition) is 4. The minimum atomic E-state index is -1.50. The minimum absolute atomic E-state index is 0.256. The molecule has 82 valence electrons. The van der Waals surface area contributed by atoms with Gasteiger partial charge in [-0.05, 0) is 19.1 Å². The van der Waals surface area contributed by atoms with Gasteiger partial charge in [-0.15, -0.1) is 10.1 Å². The quantitative estimate of drug-likeness (QED) is 0.457. The first-order valence-corrected chi connectivity index (χ1v) is 4.13. The van der Waals surface area contributed by atoms with Crippen molar-refractivity contribution in [3.05, 3.63) is 46.0 Å². The first-order valence-electron chi connectivity index (χ1n) is 4.13. The van der Waals surface area contributed by atoms with Gasteiger partial charge in [-0.1, -0.05) is 18.2 Å². The van der Waals surface area contributed by atoms with Crippen LogP contribution < -0.4 is 0 Å². The normalized spacial score (nSPS) is 8.33. The van der Waals surface area contributed by atoms with Crippen LogP contribution in [0, 0.1) is 10.1 Å². The van der Waals surface area contributed by atoms with Crippen molar-refractivity contribution in [2.45, 2.75) is 6.92 Å². The number of nitrogens with zero attached hydrogens (tertiary/aromatic N) is 1. The Kier molecular flexibility index (Phi) is 6.28. The smallest absolute Gasteiger partial charge is 0.338 e. The fourth-order valence-corrected chi connectivity index (χ4v) is 0.789. The molecule has 1 rings (SSSR count). The van der Waals surface area contributed by atoms with Crippen molar-refractivity contribution >= 4 is 5.97 Å². The van der Waals surface area contributed by atoms with Crippen molar-refractivity contribution in [3.63, 3.8) is 0 Å². The molecule has 1 aromatic carbocycles. The van der Waals surface area contributed by atoms with Gasteiger partial charge in [0, 0.05) is 0 Å². The highest BCUT2D eigenvalue weighted by atomic mass is 16.9. The summed E-state index contributed by atoms with van der Waals surface area (Å²) in [6, 6.07) is 8.96. The molecule has 0 aromatic heterocycles. The number of ether oxygens (including phenoxy) is 1. The van der Waals surface area contributed by atoms with Crippen molar-refractivity contribution < 1.29 is 19.8 Å². The van der Waals surface area contributed by atoms with Crippen LogP contribution in [0.4, 0.5) is 0 Å². The van der Waals surface area contributed by atoms with E-state index < -0.39 is 5.09 Å². The molecular weight excluding hydrogens is 202 g/mol. The molecule has 6 heteroatoms. The van der Waals surface area contributed by atoms with Gasteiger partial charge in [0.15, 0.2) is 0 Å². The van der Waals surface area contributed by atoms with Crippen LogP contribution in [0.15, 0.2) is 30.3 Å². The van der Waals surface area contributed by atoms with Crippen LogP contribution in [0.2, 0.25) is 0 Å². The summed E-state index contributed by atoms with van der Waals surface area (Å²) in [4.78, 5) is 19.4. The van der Waals surface area contributed by atoms with Gasteiger partial charge < -0.3 is 9.94 Å². The highest BCUT2D eigenvalue weighted by molar-refractivity contribution is 5.89. The average Bonchev–Trinajstić information content (AvgIpc) is 2.19. The molecule has 1 N–H and O–H groups in total. The molecule has 0 aliphatic heterocycles. The van der Waals surface area contributed by atoms with Gasteiger partial charge >= 0.3 is 5.97 Å².